The van der Waals surface area contributed by atoms with Crippen LogP contribution in [0.3, 0.4) is 0 Å². The van der Waals surface area contributed by atoms with Gasteiger partial charge in [-0.2, -0.15) is 60.6 Å². The lowest BCUT2D eigenvalue weighted by Crippen LogP contribution is -2.41. The van der Waals surface area contributed by atoms with Crippen molar-refractivity contribution in [1.82, 2.24) is 23.9 Å². The number of rotatable bonds is 10. The predicted molar refractivity (Wildman–Crippen MR) is 315 cm³/mol. The van der Waals surface area contributed by atoms with Crippen LogP contribution >= 0.6 is 51.0 Å². The molecule has 28 heteroatoms. The van der Waals surface area contributed by atoms with Crippen LogP contribution in [0.4, 0.5) is 45.4 Å². The maximum Gasteiger partial charge on any atom is 0.495 e. The Kier molecular flexibility index (Phi) is 19.8. The van der Waals surface area contributed by atoms with Gasteiger partial charge in [0.1, 0.15) is 0 Å². The van der Waals surface area contributed by atoms with Gasteiger partial charge in [-0.3, -0.25) is 0 Å². The minimum absolute atomic E-state index is 0. The summed E-state index contributed by atoms with van der Waals surface area (Å²) in [5.74, 6) is 0. The van der Waals surface area contributed by atoms with Crippen molar-refractivity contribution in [1.29, 1.82) is 0 Å². The van der Waals surface area contributed by atoms with Crippen LogP contribution in [0, 0.1) is 10.3 Å². The van der Waals surface area contributed by atoms with Gasteiger partial charge in [0.15, 0.2) is 20.5 Å². The summed E-state index contributed by atoms with van der Waals surface area (Å²) in [5, 5.41) is 2.03. The van der Waals surface area contributed by atoms with E-state index in [9.17, 15) is 52.0 Å². The number of nitrogens with one attached hydrogen (secondary N) is 3. The SMILES string of the molecule is CC1(C)OB(c2ccc(C(F)(F)F)cc2C2=CCCCC2)OC1(C)C.Cl.O=S(=O)(Nc1ncc(F)s1)N1CCc2c(Br)cccc2C1.O=S(=O)(Nc1ncc(F)s1)N1CCc2c(cccc2-c2ccc(C(F)(F)F)cc2C2=CCNCC2)C1. The van der Waals surface area contributed by atoms with Crippen LogP contribution < -0.4 is 20.2 Å². The second kappa shape index (κ2) is 25.6. The number of halogens is 10. The van der Waals surface area contributed by atoms with Crippen molar-refractivity contribution in [2.45, 2.75) is 109 Å². The number of hydrogen-bond donors (Lipinski definition) is 3. The van der Waals surface area contributed by atoms with Crippen LogP contribution in [0.2, 0.25) is 0 Å². The molecule has 11 rings (SSSR count). The van der Waals surface area contributed by atoms with Gasteiger partial charge in [-0.25, -0.2) is 19.4 Å². The zero-order valence-electron chi connectivity index (χ0n) is 45.2. The first-order chi connectivity index (χ1) is 38.6. The molecule has 5 aliphatic rings. The molecular weight excluding hydrogens is 1260 g/mol. The van der Waals surface area contributed by atoms with Crippen molar-refractivity contribution in [3.63, 3.8) is 0 Å². The van der Waals surface area contributed by atoms with Gasteiger partial charge in [0.25, 0.3) is 0 Å². The van der Waals surface area contributed by atoms with Gasteiger partial charge in [0, 0.05) is 37.2 Å². The number of allylic oxidation sites excluding steroid dienone is 2. The third-order valence-electron chi connectivity index (χ3n) is 15.0. The van der Waals surface area contributed by atoms with Gasteiger partial charge < -0.3 is 14.6 Å². The number of fused-ring (bicyclic) bond motifs is 2. The molecule has 4 aromatic carbocycles. The average Bonchev–Trinajstić information content (AvgIpc) is 4.22. The van der Waals surface area contributed by atoms with E-state index in [1.54, 1.807) is 6.07 Å². The Morgan fingerprint density at radius 2 is 1.18 bits per heavy atom. The Labute approximate surface area is 500 Å². The van der Waals surface area contributed by atoms with E-state index >= 15 is 0 Å². The van der Waals surface area contributed by atoms with Gasteiger partial charge in [-0.05, 0) is 165 Å². The molecule has 446 valence electrons. The van der Waals surface area contributed by atoms with Crippen LogP contribution in [0.25, 0.3) is 22.3 Å². The Morgan fingerprint density at radius 1 is 0.651 bits per heavy atom. The molecule has 4 aliphatic heterocycles. The molecule has 0 saturated carbocycles. The molecule has 3 N–H and O–H groups in total. The standard InChI is InChI=1S/C24H22F4N4O2S2.C19H24BF3O2.C12H11BrFN3O2S2.ClH/c25-22-13-30-23(35-22)31-36(33,34)32-11-8-18-16(14-32)2-1-3-19(18)20-5-4-17(24(26,27)28)12-21(20)15-6-9-29-10-7-15;1-17(2)18(3,4)25-20(24-17)16-11-10-14(19(21,22)23)12-15(16)13-8-6-5-7-9-13;13-10-3-1-2-8-7-17(5-4-9(8)10)21(18,19)16-12-15-6-11(14)20-12;/h1-6,12-13,29H,7-11,14H2,(H,30,31);8,10-12H,5-7,9H2,1-4H3;1-3,6H,4-5,7H2,(H,15,16);1H. The molecule has 0 atom stereocenters. The lowest BCUT2D eigenvalue weighted by Gasteiger charge is -2.32. The Hall–Kier alpha value is -4.81. The summed E-state index contributed by atoms with van der Waals surface area (Å²) >= 11 is 4.74. The highest BCUT2D eigenvalue weighted by Gasteiger charge is 2.52. The van der Waals surface area contributed by atoms with Gasteiger partial charge in [0.2, 0.25) is 0 Å². The Balaban J connectivity index is 0.000000169. The minimum atomic E-state index is -4.46. The summed E-state index contributed by atoms with van der Waals surface area (Å²) in [5.41, 5.74) is 6.50. The molecule has 6 heterocycles. The third-order valence-corrected chi connectivity index (χ3v) is 20.3. The highest BCUT2D eigenvalue weighted by molar-refractivity contribution is 9.10. The zero-order chi connectivity index (χ0) is 59.0. The monoisotopic (exact) mass is 1320 g/mol. The summed E-state index contributed by atoms with van der Waals surface area (Å²) < 4.78 is 177. The minimum Gasteiger partial charge on any atom is -0.399 e. The van der Waals surface area contributed by atoms with Gasteiger partial charge in [0.05, 0.1) is 34.7 Å². The summed E-state index contributed by atoms with van der Waals surface area (Å²) in [6, 6.07) is 18.9. The lowest BCUT2D eigenvalue weighted by atomic mass is 9.72. The van der Waals surface area contributed by atoms with E-state index in [0.717, 1.165) is 93.6 Å². The highest BCUT2D eigenvalue weighted by Crippen LogP contribution is 2.42. The van der Waals surface area contributed by atoms with Crippen LogP contribution in [0.15, 0.2) is 102 Å². The number of aromatic nitrogens is 2. The molecule has 83 heavy (non-hydrogen) atoms. The first kappa shape index (κ1) is 64.2. The van der Waals surface area contributed by atoms with Crippen molar-refractivity contribution < 1.29 is 61.3 Å². The lowest BCUT2D eigenvalue weighted by molar-refractivity contribution is -0.138. The fourth-order valence-electron chi connectivity index (χ4n) is 10.1. The molecule has 0 bridgehead atoms. The summed E-state index contributed by atoms with van der Waals surface area (Å²) in [6.45, 7) is 9.93. The largest absolute Gasteiger partial charge is 0.495 e. The normalized spacial score (nSPS) is 18.2. The topological polar surface area (TPSA) is 155 Å². The quantitative estimate of drug-likeness (QED) is 0.0898. The molecule has 2 aromatic heterocycles. The summed E-state index contributed by atoms with van der Waals surface area (Å²) in [7, 11) is -8.36. The zero-order valence-corrected chi connectivity index (χ0v) is 50.9. The molecule has 1 aliphatic carbocycles. The van der Waals surface area contributed by atoms with E-state index in [2.05, 4.69) is 40.7 Å². The summed E-state index contributed by atoms with van der Waals surface area (Å²) in [4.78, 5) is 7.38. The van der Waals surface area contributed by atoms with Gasteiger partial charge in [-0.1, -0.05) is 99.3 Å². The van der Waals surface area contributed by atoms with Crippen molar-refractivity contribution in [2.75, 3.05) is 35.6 Å². The maximum absolute atomic E-state index is 13.5. The van der Waals surface area contributed by atoms with Crippen molar-refractivity contribution >= 4 is 105 Å². The smallest absolute Gasteiger partial charge is 0.399 e. The van der Waals surface area contributed by atoms with Crippen LogP contribution in [-0.4, -0.2) is 79.9 Å². The second-order valence-corrected chi connectivity index (χ2v) is 27.1. The predicted octanol–water partition coefficient (Wildman–Crippen LogP) is 13.2. The van der Waals surface area contributed by atoms with E-state index in [4.69, 9.17) is 9.31 Å². The first-order valence-electron chi connectivity index (χ1n) is 26.1. The van der Waals surface area contributed by atoms with Crippen molar-refractivity contribution in [3.8, 4) is 11.1 Å². The molecule has 6 aromatic rings. The van der Waals surface area contributed by atoms with Gasteiger partial charge in [-0.15, -0.1) is 12.4 Å². The molecule has 0 amide bonds. The van der Waals surface area contributed by atoms with Crippen molar-refractivity contribution in [2.24, 2.45) is 0 Å². The fraction of sp³-hybridized carbons (Fsp3) is 0.382. The van der Waals surface area contributed by atoms with Crippen molar-refractivity contribution in [3.05, 3.63) is 157 Å². The molecule has 1 saturated heterocycles. The van der Waals surface area contributed by atoms with Gasteiger partial charge >= 0.3 is 39.9 Å². The number of anilines is 2. The van der Waals surface area contributed by atoms with Crippen LogP contribution in [0.1, 0.15) is 104 Å². The number of thiazole rings is 2. The van der Waals surface area contributed by atoms with Crippen LogP contribution in [-0.2, 0) is 68.0 Å². The summed E-state index contributed by atoms with van der Waals surface area (Å²) in [6.07, 6.45) is 2.44. The van der Waals surface area contributed by atoms with E-state index in [1.807, 2.05) is 70.2 Å². The molecular formula is C55H58BBrClF8N7O6S4. The van der Waals surface area contributed by atoms with Crippen LogP contribution in [0.5, 0.6) is 0 Å². The molecule has 0 spiro atoms. The van der Waals surface area contributed by atoms with E-state index in [0.29, 0.717) is 83.7 Å². The Morgan fingerprint density at radius 3 is 1.70 bits per heavy atom. The van der Waals surface area contributed by atoms with E-state index in [-0.39, 0.29) is 42.3 Å². The molecule has 1 fully saturated rings. The molecule has 0 radical (unpaired) electrons. The number of alkyl halides is 6. The third kappa shape index (κ3) is 15.1. The first-order valence-corrected chi connectivity index (χ1v) is 31.4. The molecule has 13 nitrogen and oxygen atoms in total. The number of benzene rings is 4. The average molecular weight is 1320 g/mol. The van der Waals surface area contributed by atoms with E-state index < -0.39 is 72.5 Å². The van der Waals surface area contributed by atoms with E-state index in [1.165, 1.54) is 32.9 Å². The second-order valence-electron chi connectivity index (χ2n) is 20.9. The maximum atomic E-state index is 13.5. The Bertz CT molecular complexity index is 3630. The molecule has 0 unspecified atom stereocenters. The fourth-order valence-corrected chi connectivity index (χ4v) is 14.5. The number of hydrogen-bond acceptors (Lipinski definition) is 11. The number of nitrogens with zero attached hydrogens (tertiary/aromatic N) is 4. The highest BCUT2D eigenvalue weighted by atomic mass is 79.9.